The topological polar surface area (TPSA) is 35.9 Å². The molecule has 0 aliphatic carbocycles. The lowest BCUT2D eigenvalue weighted by Gasteiger charge is -2.35. The van der Waals surface area contributed by atoms with Crippen molar-refractivity contribution in [2.45, 2.75) is 39.3 Å². The first-order valence-corrected chi connectivity index (χ1v) is 10.4. The molecule has 0 spiro atoms. The fourth-order valence-corrected chi connectivity index (χ4v) is 3.75. The number of aliphatic hydroxyl groups excluding tert-OH is 1. The Bertz CT molecular complexity index is 725. The molecule has 2 aromatic rings. The van der Waals surface area contributed by atoms with Crippen molar-refractivity contribution in [2.75, 3.05) is 39.3 Å². The van der Waals surface area contributed by atoms with Gasteiger partial charge in [-0.05, 0) is 35.6 Å². The zero-order chi connectivity index (χ0) is 19.9. The number of hydrogen-bond acceptors (Lipinski definition) is 4. The van der Waals surface area contributed by atoms with Gasteiger partial charge in [-0.2, -0.15) is 0 Å². The van der Waals surface area contributed by atoms with Crippen LogP contribution in [0.4, 0.5) is 0 Å². The van der Waals surface area contributed by atoms with Crippen LogP contribution in [0.1, 0.15) is 36.5 Å². The molecule has 4 nitrogen and oxygen atoms in total. The summed E-state index contributed by atoms with van der Waals surface area (Å²) in [5.74, 6) is 1.31. The van der Waals surface area contributed by atoms with E-state index < -0.39 is 6.10 Å². The Balaban J connectivity index is 1.43. The van der Waals surface area contributed by atoms with E-state index in [0.717, 1.165) is 38.5 Å². The van der Waals surface area contributed by atoms with Gasteiger partial charge in [-0.15, -0.1) is 0 Å². The van der Waals surface area contributed by atoms with Crippen LogP contribution in [0.2, 0.25) is 0 Å². The highest BCUT2D eigenvalue weighted by molar-refractivity contribution is 5.39. The van der Waals surface area contributed by atoms with Gasteiger partial charge < -0.3 is 9.84 Å². The third-order valence-electron chi connectivity index (χ3n) is 5.41. The Morgan fingerprint density at radius 1 is 0.964 bits per heavy atom. The summed E-state index contributed by atoms with van der Waals surface area (Å²) < 4.78 is 6.00. The predicted octanol–water partition coefficient (Wildman–Crippen LogP) is 3.68. The van der Waals surface area contributed by atoms with Gasteiger partial charge in [0, 0.05) is 39.3 Å². The third-order valence-corrected chi connectivity index (χ3v) is 5.41. The second-order valence-electron chi connectivity index (χ2n) is 8.22. The van der Waals surface area contributed by atoms with Gasteiger partial charge in [0.15, 0.2) is 0 Å². The molecule has 0 bridgehead atoms. The van der Waals surface area contributed by atoms with Crippen molar-refractivity contribution in [1.82, 2.24) is 9.80 Å². The van der Waals surface area contributed by atoms with E-state index in [0.29, 0.717) is 19.1 Å². The van der Waals surface area contributed by atoms with Crippen LogP contribution in [0, 0.1) is 6.92 Å². The molecule has 0 amide bonds. The monoisotopic (exact) mass is 382 g/mol. The van der Waals surface area contributed by atoms with Crippen LogP contribution >= 0.6 is 0 Å². The van der Waals surface area contributed by atoms with E-state index in [2.05, 4.69) is 79.1 Å². The van der Waals surface area contributed by atoms with Crippen LogP contribution in [-0.4, -0.2) is 60.3 Å². The molecule has 28 heavy (non-hydrogen) atoms. The molecular weight excluding hydrogens is 348 g/mol. The Kier molecular flexibility index (Phi) is 7.49. The first kappa shape index (κ1) is 20.8. The summed E-state index contributed by atoms with van der Waals surface area (Å²) in [4.78, 5) is 4.82. The molecular formula is C24H34N2O2. The number of hydrogen-bond donors (Lipinski definition) is 1. The summed E-state index contributed by atoms with van der Waals surface area (Å²) in [7, 11) is 0. The third kappa shape index (κ3) is 6.06. The van der Waals surface area contributed by atoms with Crippen molar-refractivity contribution < 1.29 is 9.84 Å². The van der Waals surface area contributed by atoms with Crippen molar-refractivity contribution in [3.05, 3.63) is 65.2 Å². The molecule has 3 rings (SSSR count). The number of benzene rings is 2. The van der Waals surface area contributed by atoms with Crippen LogP contribution in [0.3, 0.4) is 0 Å². The summed E-state index contributed by atoms with van der Waals surface area (Å²) in [6.07, 6.45) is -0.471. The van der Waals surface area contributed by atoms with Crippen molar-refractivity contribution in [3.63, 3.8) is 0 Å². The molecule has 0 saturated carbocycles. The maximum atomic E-state index is 10.5. The van der Waals surface area contributed by atoms with Crippen molar-refractivity contribution in [2.24, 2.45) is 0 Å². The molecule has 1 heterocycles. The van der Waals surface area contributed by atoms with E-state index in [4.69, 9.17) is 4.74 Å². The van der Waals surface area contributed by atoms with Crippen molar-refractivity contribution >= 4 is 0 Å². The van der Waals surface area contributed by atoms with Crippen molar-refractivity contribution in [3.8, 4) is 5.75 Å². The molecule has 152 valence electrons. The summed E-state index contributed by atoms with van der Waals surface area (Å²) in [5.41, 5.74) is 3.75. The summed E-state index contributed by atoms with van der Waals surface area (Å²) in [6.45, 7) is 12.5. The van der Waals surface area contributed by atoms with Gasteiger partial charge in [-0.1, -0.05) is 56.3 Å². The Morgan fingerprint density at radius 3 is 2.32 bits per heavy atom. The largest absolute Gasteiger partial charge is 0.491 e. The van der Waals surface area contributed by atoms with E-state index in [1.54, 1.807) is 0 Å². The second kappa shape index (κ2) is 10.1. The quantitative estimate of drug-likeness (QED) is 0.756. The van der Waals surface area contributed by atoms with E-state index in [9.17, 15) is 5.11 Å². The second-order valence-corrected chi connectivity index (χ2v) is 8.22. The van der Waals surface area contributed by atoms with E-state index >= 15 is 0 Å². The Morgan fingerprint density at radius 2 is 1.64 bits per heavy atom. The minimum atomic E-state index is -0.471. The molecule has 1 aliphatic heterocycles. The SMILES string of the molecule is Cc1ccc(C(C)C)c(OC[C@H](O)CN2CCN(Cc3ccccc3)CC2)c1. The highest BCUT2D eigenvalue weighted by atomic mass is 16.5. The average molecular weight is 383 g/mol. The maximum Gasteiger partial charge on any atom is 0.123 e. The molecule has 4 heteroatoms. The lowest BCUT2D eigenvalue weighted by atomic mass is 10.0. The molecule has 2 aromatic carbocycles. The number of rotatable bonds is 8. The van der Waals surface area contributed by atoms with Crippen LogP contribution < -0.4 is 4.74 Å². The lowest BCUT2D eigenvalue weighted by molar-refractivity contribution is 0.0443. The smallest absolute Gasteiger partial charge is 0.123 e. The van der Waals surface area contributed by atoms with Gasteiger partial charge in [0.2, 0.25) is 0 Å². The number of ether oxygens (including phenoxy) is 1. The summed E-state index contributed by atoms with van der Waals surface area (Å²) in [6, 6.07) is 17.0. The first-order valence-electron chi connectivity index (χ1n) is 10.4. The zero-order valence-electron chi connectivity index (χ0n) is 17.5. The molecule has 1 aliphatic rings. The van der Waals surface area contributed by atoms with Crippen molar-refractivity contribution in [1.29, 1.82) is 0 Å². The molecule has 0 aromatic heterocycles. The predicted molar refractivity (Wildman–Crippen MR) is 115 cm³/mol. The minimum Gasteiger partial charge on any atom is -0.491 e. The fraction of sp³-hybridized carbons (Fsp3) is 0.500. The van der Waals surface area contributed by atoms with Crippen LogP contribution in [0.5, 0.6) is 5.75 Å². The zero-order valence-corrected chi connectivity index (χ0v) is 17.5. The molecule has 0 unspecified atom stereocenters. The van der Waals surface area contributed by atoms with Gasteiger partial charge in [0.25, 0.3) is 0 Å². The number of β-amino-alcohol motifs (C(OH)–C–C–N with tert-alkyl or cyclic N) is 1. The average Bonchev–Trinajstić information content (AvgIpc) is 2.68. The van der Waals surface area contributed by atoms with Gasteiger partial charge >= 0.3 is 0 Å². The molecule has 0 radical (unpaired) electrons. The van der Waals surface area contributed by atoms with Gasteiger partial charge in [0.1, 0.15) is 18.5 Å². The number of aliphatic hydroxyl groups is 1. The van der Waals surface area contributed by atoms with Crippen LogP contribution in [-0.2, 0) is 6.54 Å². The van der Waals surface area contributed by atoms with Gasteiger partial charge in [-0.3, -0.25) is 9.80 Å². The summed E-state index contributed by atoms with van der Waals surface area (Å²) in [5, 5.41) is 10.5. The van der Waals surface area contributed by atoms with E-state index in [1.165, 1.54) is 16.7 Å². The summed E-state index contributed by atoms with van der Waals surface area (Å²) >= 11 is 0. The van der Waals surface area contributed by atoms with E-state index in [1.807, 2.05) is 0 Å². The molecule has 1 atom stereocenters. The van der Waals surface area contributed by atoms with Crippen LogP contribution in [0.15, 0.2) is 48.5 Å². The standard InChI is InChI=1S/C24H34N2O2/c1-19(2)23-10-9-20(3)15-24(23)28-18-22(27)17-26-13-11-25(12-14-26)16-21-7-5-4-6-8-21/h4-10,15,19,22,27H,11-14,16-18H2,1-3H3/t22-/m1/s1. The van der Waals surface area contributed by atoms with Gasteiger partial charge in [-0.25, -0.2) is 0 Å². The highest BCUT2D eigenvalue weighted by Crippen LogP contribution is 2.27. The van der Waals surface area contributed by atoms with Gasteiger partial charge in [0.05, 0.1) is 0 Å². The molecule has 1 saturated heterocycles. The Hall–Kier alpha value is -1.88. The first-order chi connectivity index (χ1) is 13.5. The number of piperazine rings is 1. The minimum absolute atomic E-state index is 0.341. The Labute approximate surface area is 169 Å². The molecule has 1 N–H and O–H groups in total. The van der Waals surface area contributed by atoms with Crippen LogP contribution in [0.25, 0.3) is 0 Å². The van der Waals surface area contributed by atoms with E-state index in [-0.39, 0.29) is 0 Å². The lowest BCUT2D eigenvalue weighted by Crippen LogP contribution is -2.48. The number of nitrogens with zero attached hydrogens (tertiary/aromatic N) is 2. The fourth-order valence-electron chi connectivity index (χ4n) is 3.75. The maximum absolute atomic E-state index is 10.5. The highest BCUT2D eigenvalue weighted by Gasteiger charge is 2.20. The normalized spacial score (nSPS) is 17.0. The number of aryl methyl sites for hydroxylation is 1. The molecule has 1 fully saturated rings.